The van der Waals surface area contributed by atoms with E-state index in [1.54, 1.807) is 14.2 Å². The van der Waals surface area contributed by atoms with Gasteiger partial charge in [0.05, 0.1) is 20.8 Å². The molecule has 152 valence electrons. The van der Waals surface area contributed by atoms with E-state index in [4.69, 9.17) is 14.2 Å². The van der Waals surface area contributed by atoms with E-state index in [1.807, 2.05) is 0 Å². The molecule has 0 aromatic heterocycles. The average Bonchev–Trinajstić information content (AvgIpc) is 2.72. The summed E-state index contributed by atoms with van der Waals surface area (Å²) in [6.07, 6.45) is 7.47. The average molecular weight is 377 g/mol. The van der Waals surface area contributed by atoms with Gasteiger partial charge in [-0.1, -0.05) is 25.3 Å². The zero-order valence-corrected chi connectivity index (χ0v) is 17.3. The Bertz CT molecular complexity index is 579. The minimum absolute atomic E-state index is 0.578. The highest BCUT2D eigenvalue weighted by Gasteiger charge is 2.24. The van der Waals surface area contributed by atoms with Crippen LogP contribution in [-0.2, 0) is 0 Å². The largest absolute Gasteiger partial charge is 0.492 e. The van der Waals surface area contributed by atoms with Crippen molar-refractivity contribution in [3.8, 4) is 17.2 Å². The number of benzene rings is 1. The van der Waals surface area contributed by atoms with Gasteiger partial charge in [0.1, 0.15) is 0 Å². The van der Waals surface area contributed by atoms with Gasteiger partial charge >= 0.3 is 0 Å². The minimum Gasteiger partial charge on any atom is -0.492 e. The Hall–Kier alpha value is -1.46. The molecule has 1 aromatic carbocycles. The van der Waals surface area contributed by atoms with Crippen LogP contribution >= 0.6 is 0 Å². The van der Waals surface area contributed by atoms with Gasteiger partial charge in [0.2, 0.25) is 5.75 Å². The maximum absolute atomic E-state index is 6.08. The first-order valence-electron chi connectivity index (χ1n) is 10.5. The summed E-state index contributed by atoms with van der Waals surface area (Å²) >= 11 is 0. The number of hydrogen-bond acceptors (Lipinski definition) is 5. The summed E-state index contributed by atoms with van der Waals surface area (Å²) in [5.74, 6) is 2.99. The van der Waals surface area contributed by atoms with Crippen molar-refractivity contribution >= 4 is 0 Å². The fourth-order valence-corrected chi connectivity index (χ4v) is 4.35. The van der Waals surface area contributed by atoms with Gasteiger partial charge in [-0.25, -0.2) is 0 Å². The Morgan fingerprint density at radius 3 is 2.30 bits per heavy atom. The van der Waals surface area contributed by atoms with Crippen LogP contribution in [0.25, 0.3) is 0 Å². The molecule has 1 aromatic rings. The molecule has 0 atom stereocenters. The summed E-state index contributed by atoms with van der Waals surface area (Å²) in [7, 11) is 5.64. The quantitative estimate of drug-likeness (QED) is 0.645. The smallest absolute Gasteiger partial charge is 0.203 e. The van der Waals surface area contributed by atoms with Crippen LogP contribution in [0, 0.1) is 0 Å². The summed E-state index contributed by atoms with van der Waals surface area (Å²) in [5.41, 5.74) is 1.28. The van der Waals surface area contributed by atoms with E-state index < -0.39 is 0 Å². The number of piperazine rings is 1. The Labute approximate surface area is 164 Å². The fourth-order valence-electron chi connectivity index (χ4n) is 4.35. The van der Waals surface area contributed by atoms with Crippen molar-refractivity contribution in [1.29, 1.82) is 0 Å². The first-order chi connectivity index (χ1) is 13.2. The summed E-state index contributed by atoms with van der Waals surface area (Å²) in [6.45, 7) is 6.43. The molecule has 2 aliphatic rings. The molecule has 27 heavy (non-hydrogen) atoms. The number of rotatable bonds is 8. The fraction of sp³-hybridized carbons (Fsp3) is 0.727. The molecule has 1 saturated heterocycles. The second-order valence-electron chi connectivity index (χ2n) is 7.90. The lowest BCUT2D eigenvalue weighted by Crippen LogP contribution is -2.44. The molecule has 2 fully saturated rings. The number of likely N-dealkylation sites (N-methyl/N-ethyl adjacent to an activating group) is 1. The lowest BCUT2D eigenvalue weighted by molar-refractivity contribution is 0.145. The number of hydrogen-bond donors (Lipinski definition) is 0. The highest BCUT2D eigenvalue weighted by Crippen LogP contribution is 2.46. The van der Waals surface area contributed by atoms with Crippen LogP contribution in [0.1, 0.15) is 50.0 Å². The van der Waals surface area contributed by atoms with Gasteiger partial charge in [0.25, 0.3) is 0 Å². The number of nitrogens with zero attached hydrogens (tertiary/aromatic N) is 2. The van der Waals surface area contributed by atoms with Crippen LogP contribution in [0.15, 0.2) is 12.1 Å². The van der Waals surface area contributed by atoms with Crippen LogP contribution in [0.4, 0.5) is 0 Å². The summed E-state index contributed by atoms with van der Waals surface area (Å²) in [6, 6.07) is 4.26. The van der Waals surface area contributed by atoms with Gasteiger partial charge in [-0.15, -0.1) is 0 Å². The number of methoxy groups -OCH3 is 2. The van der Waals surface area contributed by atoms with Crippen LogP contribution in [0.2, 0.25) is 0 Å². The molecule has 1 saturated carbocycles. The Balaban J connectivity index is 1.58. The molecule has 0 radical (unpaired) electrons. The van der Waals surface area contributed by atoms with E-state index >= 15 is 0 Å². The van der Waals surface area contributed by atoms with Gasteiger partial charge in [-0.3, -0.25) is 0 Å². The van der Waals surface area contributed by atoms with E-state index in [0.717, 1.165) is 56.4 Å². The Morgan fingerprint density at radius 1 is 0.926 bits per heavy atom. The van der Waals surface area contributed by atoms with Gasteiger partial charge < -0.3 is 24.0 Å². The van der Waals surface area contributed by atoms with Gasteiger partial charge in [-0.2, -0.15) is 0 Å². The van der Waals surface area contributed by atoms with Crippen LogP contribution in [0.3, 0.4) is 0 Å². The predicted octanol–water partition coefficient (Wildman–Crippen LogP) is 3.77. The first kappa shape index (κ1) is 20.3. The third kappa shape index (κ3) is 5.29. The lowest BCUT2D eigenvalue weighted by atomic mass is 9.83. The lowest BCUT2D eigenvalue weighted by Gasteiger charge is -2.32. The zero-order chi connectivity index (χ0) is 19.1. The second kappa shape index (κ2) is 10.2. The molecule has 5 nitrogen and oxygen atoms in total. The van der Waals surface area contributed by atoms with E-state index in [2.05, 4.69) is 29.0 Å². The van der Waals surface area contributed by atoms with Gasteiger partial charge in [0, 0.05) is 38.3 Å². The summed E-state index contributed by atoms with van der Waals surface area (Å²) < 4.78 is 17.5. The summed E-state index contributed by atoms with van der Waals surface area (Å²) in [5, 5.41) is 0. The van der Waals surface area contributed by atoms with Crippen LogP contribution in [0.5, 0.6) is 17.2 Å². The van der Waals surface area contributed by atoms with E-state index in [9.17, 15) is 0 Å². The monoisotopic (exact) mass is 376 g/mol. The highest BCUT2D eigenvalue weighted by molar-refractivity contribution is 5.56. The maximum Gasteiger partial charge on any atom is 0.203 e. The molecule has 1 heterocycles. The molecular weight excluding hydrogens is 340 g/mol. The van der Waals surface area contributed by atoms with Crippen LogP contribution < -0.4 is 14.2 Å². The van der Waals surface area contributed by atoms with Gasteiger partial charge in [-0.05, 0) is 38.3 Å². The van der Waals surface area contributed by atoms with Gasteiger partial charge in [0.15, 0.2) is 11.5 Å². The Morgan fingerprint density at radius 2 is 1.63 bits per heavy atom. The third-order valence-corrected chi connectivity index (χ3v) is 6.03. The predicted molar refractivity (Wildman–Crippen MR) is 109 cm³/mol. The molecule has 0 N–H and O–H groups in total. The van der Waals surface area contributed by atoms with Crippen molar-refractivity contribution in [3.63, 3.8) is 0 Å². The van der Waals surface area contributed by atoms with Crippen molar-refractivity contribution < 1.29 is 14.2 Å². The molecule has 3 rings (SSSR count). The summed E-state index contributed by atoms with van der Waals surface area (Å²) in [4.78, 5) is 4.91. The highest BCUT2D eigenvalue weighted by atomic mass is 16.5. The van der Waals surface area contributed by atoms with Crippen molar-refractivity contribution in [2.24, 2.45) is 0 Å². The van der Waals surface area contributed by atoms with Crippen molar-refractivity contribution in [2.75, 3.05) is 60.6 Å². The molecule has 0 amide bonds. The normalized spacial score (nSPS) is 19.8. The molecular formula is C22H36N2O3. The molecule has 0 spiro atoms. The SMILES string of the molecule is COc1c(OCCCN2CCN(C)CC2)ccc(C2CCCCC2)c1OC. The molecule has 1 aliphatic heterocycles. The topological polar surface area (TPSA) is 34.2 Å². The minimum atomic E-state index is 0.578. The Kier molecular flexibility index (Phi) is 7.65. The number of ether oxygens (including phenoxy) is 3. The van der Waals surface area contributed by atoms with Crippen LogP contribution in [-0.4, -0.2) is 70.4 Å². The van der Waals surface area contributed by atoms with E-state index in [0.29, 0.717) is 12.5 Å². The first-order valence-corrected chi connectivity index (χ1v) is 10.5. The van der Waals surface area contributed by atoms with E-state index in [1.165, 1.54) is 37.7 Å². The molecule has 0 unspecified atom stereocenters. The van der Waals surface area contributed by atoms with Crippen molar-refractivity contribution in [2.45, 2.75) is 44.4 Å². The molecule has 5 heteroatoms. The maximum atomic E-state index is 6.08. The van der Waals surface area contributed by atoms with Crippen molar-refractivity contribution in [1.82, 2.24) is 9.80 Å². The third-order valence-electron chi connectivity index (χ3n) is 6.03. The zero-order valence-electron chi connectivity index (χ0n) is 17.3. The standard InChI is InChI=1S/C22H36N2O3/c1-23-13-15-24(16-14-23)12-7-17-27-20-11-10-19(18-8-5-4-6-9-18)21(25-2)22(20)26-3/h10-11,18H,4-9,12-17H2,1-3H3. The molecule has 0 bridgehead atoms. The van der Waals surface area contributed by atoms with E-state index in [-0.39, 0.29) is 0 Å². The molecule has 1 aliphatic carbocycles. The second-order valence-corrected chi connectivity index (χ2v) is 7.90. The van der Waals surface area contributed by atoms with Crippen molar-refractivity contribution in [3.05, 3.63) is 17.7 Å².